The lowest BCUT2D eigenvalue weighted by Gasteiger charge is -2.40. The van der Waals surface area contributed by atoms with Gasteiger partial charge in [-0.15, -0.1) is 24.0 Å². The summed E-state index contributed by atoms with van der Waals surface area (Å²) in [6, 6.07) is 0.337. The van der Waals surface area contributed by atoms with Gasteiger partial charge in [-0.2, -0.15) is 0 Å². The number of amides is 1. The maximum atomic E-state index is 12.2. The molecule has 0 bridgehead atoms. The van der Waals surface area contributed by atoms with Crippen molar-refractivity contribution in [2.75, 3.05) is 26.2 Å². The molecule has 3 N–H and O–H groups in total. The Labute approximate surface area is 188 Å². The van der Waals surface area contributed by atoms with Crippen molar-refractivity contribution in [2.24, 2.45) is 16.3 Å². The van der Waals surface area contributed by atoms with Gasteiger partial charge in [0, 0.05) is 31.7 Å². The molecule has 2 atom stereocenters. The number of hydrogen-bond donors (Lipinski definition) is 3. The van der Waals surface area contributed by atoms with Crippen molar-refractivity contribution in [1.29, 1.82) is 0 Å². The lowest BCUT2D eigenvalue weighted by Crippen LogP contribution is -2.47. The monoisotopic (exact) mass is 508 g/mol. The minimum atomic E-state index is 0. The molecule has 1 amide bonds. The molecular weight excluding hydrogens is 467 g/mol. The number of nitrogens with one attached hydrogen (secondary N) is 3. The highest BCUT2D eigenvalue weighted by Gasteiger charge is 2.35. The van der Waals surface area contributed by atoms with Gasteiger partial charge in [-0.05, 0) is 38.0 Å². The molecule has 0 aromatic carbocycles. The smallest absolute Gasteiger partial charge is 0.242 e. The summed E-state index contributed by atoms with van der Waals surface area (Å²) < 4.78 is 6.07. The predicted octanol–water partition coefficient (Wildman–Crippen LogP) is 3.45. The molecule has 0 aromatic rings. The molecule has 0 aromatic heterocycles. The summed E-state index contributed by atoms with van der Waals surface area (Å²) in [5, 5.41) is 9.81. The van der Waals surface area contributed by atoms with Gasteiger partial charge in [-0.25, -0.2) is 4.99 Å². The summed E-state index contributed by atoms with van der Waals surface area (Å²) in [5.74, 6) is 1.20. The molecule has 2 unspecified atom stereocenters. The fourth-order valence-electron chi connectivity index (χ4n) is 4.25. The Bertz CT molecular complexity index is 487. The van der Waals surface area contributed by atoms with E-state index in [2.05, 4.69) is 41.7 Å². The normalized spacial score (nSPS) is 24.2. The van der Waals surface area contributed by atoms with Crippen LogP contribution in [0, 0.1) is 11.3 Å². The standard InChI is InChI=1S/C21H40N4O2.HI/c1-5-22-20(24-15-18(26)25-17-11-7-6-8-12-17)23-14-16-10-9-13-27-19(16)21(2,3)4;/h16-17,19H,5-15H2,1-4H3,(H,25,26)(H2,22,23,24);1H. The van der Waals surface area contributed by atoms with E-state index in [0.717, 1.165) is 51.3 Å². The third kappa shape index (κ3) is 8.84. The molecule has 0 radical (unpaired) electrons. The summed E-state index contributed by atoms with van der Waals surface area (Å²) in [6.07, 6.45) is 8.45. The summed E-state index contributed by atoms with van der Waals surface area (Å²) >= 11 is 0. The van der Waals surface area contributed by atoms with Gasteiger partial charge >= 0.3 is 0 Å². The topological polar surface area (TPSA) is 74.8 Å². The second kappa shape index (κ2) is 12.9. The van der Waals surface area contributed by atoms with Crippen molar-refractivity contribution in [3.8, 4) is 0 Å². The average Bonchev–Trinajstić information content (AvgIpc) is 2.64. The number of rotatable bonds is 6. The summed E-state index contributed by atoms with van der Waals surface area (Å²) in [5.41, 5.74) is 0.127. The molecular formula is C21H41IN4O2. The number of carbonyl (C=O) groups is 1. The quantitative estimate of drug-likeness (QED) is 0.292. The molecule has 0 spiro atoms. The van der Waals surface area contributed by atoms with Crippen LogP contribution in [0.4, 0.5) is 0 Å². The van der Waals surface area contributed by atoms with Gasteiger partial charge in [0.2, 0.25) is 5.91 Å². The van der Waals surface area contributed by atoms with E-state index in [1.54, 1.807) is 0 Å². The van der Waals surface area contributed by atoms with Crippen molar-refractivity contribution in [3.05, 3.63) is 0 Å². The summed E-state index contributed by atoms with van der Waals surface area (Å²) in [7, 11) is 0. The largest absolute Gasteiger partial charge is 0.377 e. The van der Waals surface area contributed by atoms with Crippen molar-refractivity contribution in [3.63, 3.8) is 0 Å². The van der Waals surface area contributed by atoms with Gasteiger partial charge in [0.1, 0.15) is 6.54 Å². The van der Waals surface area contributed by atoms with Gasteiger partial charge in [0.25, 0.3) is 0 Å². The van der Waals surface area contributed by atoms with Crippen molar-refractivity contribution >= 4 is 35.8 Å². The third-order valence-electron chi connectivity index (χ3n) is 5.53. The Morgan fingerprint density at radius 1 is 1.07 bits per heavy atom. The number of ether oxygens (including phenoxy) is 1. The Morgan fingerprint density at radius 2 is 1.79 bits per heavy atom. The number of guanidine groups is 1. The van der Waals surface area contributed by atoms with E-state index in [0.29, 0.717) is 12.0 Å². The summed E-state index contributed by atoms with van der Waals surface area (Å²) in [4.78, 5) is 16.7. The lowest BCUT2D eigenvalue weighted by atomic mass is 9.78. The van der Waals surface area contributed by atoms with Gasteiger partial charge in [-0.1, -0.05) is 40.0 Å². The minimum Gasteiger partial charge on any atom is -0.377 e. The van der Waals surface area contributed by atoms with Crippen LogP contribution in [0.15, 0.2) is 4.99 Å². The highest BCUT2D eigenvalue weighted by molar-refractivity contribution is 14.0. The number of nitrogens with zero attached hydrogens (tertiary/aromatic N) is 1. The van der Waals surface area contributed by atoms with Gasteiger partial charge in [-0.3, -0.25) is 4.79 Å². The van der Waals surface area contributed by atoms with E-state index in [-0.39, 0.29) is 47.9 Å². The molecule has 1 aliphatic carbocycles. The lowest BCUT2D eigenvalue weighted by molar-refractivity contribution is -0.120. The summed E-state index contributed by atoms with van der Waals surface area (Å²) in [6.45, 7) is 11.4. The number of carbonyl (C=O) groups excluding carboxylic acids is 1. The van der Waals surface area contributed by atoms with E-state index in [1.165, 1.54) is 19.3 Å². The maximum Gasteiger partial charge on any atom is 0.242 e. The van der Waals surface area contributed by atoms with Crippen LogP contribution in [-0.4, -0.2) is 50.3 Å². The first-order valence-electron chi connectivity index (χ1n) is 10.8. The van der Waals surface area contributed by atoms with Crippen LogP contribution in [0.3, 0.4) is 0 Å². The van der Waals surface area contributed by atoms with E-state index >= 15 is 0 Å². The zero-order valence-electron chi connectivity index (χ0n) is 18.2. The highest BCUT2D eigenvalue weighted by Crippen LogP contribution is 2.33. The molecule has 164 valence electrons. The molecule has 1 saturated carbocycles. The van der Waals surface area contributed by atoms with Crippen LogP contribution < -0.4 is 16.0 Å². The molecule has 2 aliphatic rings. The fraction of sp³-hybridized carbons (Fsp3) is 0.905. The first-order valence-corrected chi connectivity index (χ1v) is 10.8. The van der Waals surface area contributed by atoms with Crippen LogP contribution in [0.5, 0.6) is 0 Å². The molecule has 1 saturated heterocycles. The second-order valence-electron chi connectivity index (χ2n) is 9.04. The molecule has 7 heteroatoms. The Hall–Kier alpha value is -0.570. The Morgan fingerprint density at radius 3 is 2.43 bits per heavy atom. The van der Waals surface area contributed by atoms with Crippen LogP contribution in [0.1, 0.15) is 72.6 Å². The number of hydrogen-bond acceptors (Lipinski definition) is 3. The first-order chi connectivity index (χ1) is 12.9. The Kier molecular flexibility index (Phi) is 11.7. The Balaban J connectivity index is 0.00000392. The van der Waals surface area contributed by atoms with Crippen LogP contribution in [0.2, 0.25) is 0 Å². The van der Waals surface area contributed by atoms with E-state index in [4.69, 9.17) is 4.74 Å². The fourth-order valence-corrected chi connectivity index (χ4v) is 4.25. The third-order valence-corrected chi connectivity index (χ3v) is 5.53. The molecule has 2 rings (SSSR count). The van der Waals surface area contributed by atoms with Gasteiger partial charge < -0.3 is 20.7 Å². The van der Waals surface area contributed by atoms with E-state index < -0.39 is 0 Å². The molecule has 2 fully saturated rings. The van der Waals surface area contributed by atoms with Crippen molar-refractivity contribution < 1.29 is 9.53 Å². The van der Waals surface area contributed by atoms with Crippen LogP contribution in [-0.2, 0) is 9.53 Å². The van der Waals surface area contributed by atoms with Crippen LogP contribution >= 0.6 is 24.0 Å². The van der Waals surface area contributed by atoms with E-state index in [1.807, 2.05) is 6.92 Å². The second-order valence-corrected chi connectivity index (χ2v) is 9.04. The van der Waals surface area contributed by atoms with Gasteiger partial charge in [0.05, 0.1) is 6.10 Å². The molecule has 1 aliphatic heterocycles. The van der Waals surface area contributed by atoms with E-state index in [9.17, 15) is 4.79 Å². The molecule has 1 heterocycles. The average molecular weight is 508 g/mol. The minimum absolute atomic E-state index is 0. The highest BCUT2D eigenvalue weighted by atomic mass is 127. The van der Waals surface area contributed by atoms with Gasteiger partial charge in [0.15, 0.2) is 5.96 Å². The molecule has 28 heavy (non-hydrogen) atoms. The zero-order chi connectivity index (χ0) is 19.7. The number of aliphatic imine (C=N–C) groups is 1. The van der Waals surface area contributed by atoms with Crippen LogP contribution in [0.25, 0.3) is 0 Å². The van der Waals surface area contributed by atoms with Crippen molar-refractivity contribution in [1.82, 2.24) is 16.0 Å². The zero-order valence-corrected chi connectivity index (χ0v) is 20.5. The predicted molar refractivity (Wildman–Crippen MR) is 126 cm³/mol. The molecule has 6 nitrogen and oxygen atoms in total. The maximum absolute atomic E-state index is 12.2. The van der Waals surface area contributed by atoms with Crippen molar-refractivity contribution in [2.45, 2.75) is 84.8 Å². The SMILES string of the molecule is CCNC(=NCC(=O)NC1CCCCC1)NCC1CCCOC1C(C)(C)C.I. The number of halogens is 1. The first kappa shape index (κ1) is 25.5.